The number of rotatable bonds is 6. The van der Waals surface area contributed by atoms with Crippen molar-refractivity contribution in [3.8, 4) is 11.4 Å². The molecule has 0 saturated carbocycles. The van der Waals surface area contributed by atoms with Crippen molar-refractivity contribution in [2.45, 2.75) is 40.0 Å². The molecule has 4 rings (SSSR count). The molecule has 1 heterocycles. The summed E-state index contributed by atoms with van der Waals surface area (Å²) in [5.41, 5.74) is 6.10. The van der Waals surface area contributed by atoms with E-state index in [-0.39, 0.29) is 0 Å². The zero-order chi connectivity index (χ0) is 19.7. The maximum Gasteiger partial charge on any atom is 0.157 e. The van der Waals surface area contributed by atoms with E-state index in [2.05, 4.69) is 95.9 Å². The van der Waals surface area contributed by atoms with Crippen LogP contribution < -0.4 is 4.74 Å². The summed E-state index contributed by atoms with van der Waals surface area (Å²) in [6.07, 6.45) is 3.21. The monoisotopic (exact) mass is 435 g/mol. The molecule has 0 spiro atoms. The number of aryl methyl sites for hydroxylation is 2. The number of hydrogen-bond acceptors (Lipinski definition) is 1. The van der Waals surface area contributed by atoms with Gasteiger partial charge in [-0.15, -0.1) is 0 Å². The van der Waals surface area contributed by atoms with Gasteiger partial charge in [-0.05, 0) is 77.2 Å². The maximum atomic E-state index is 6.26. The normalized spacial score (nSPS) is 11.4. The smallest absolute Gasteiger partial charge is 0.157 e. The predicted molar refractivity (Wildman–Crippen MR) is 123 cm³/mol. The van der Waals surface area contributed by atoms with Gasteiger partial charge >= 0.3 is 0 Å². The van der Waals surface area contributed by atoms with Crippen LogP contribution in [0.1, 0.15) is 37.8 Å². The van der Waals surface area contributed by atoms with Gasteiger partial charge in [-0.25, -0.2) is 0 Å². The fourth-order valence-electron chi connectivity index (χ4n) is 3.84. The summed E-state index contributed by atoms with van der Waals surface area (Å²) < 4.78 is 9.62. The number of aromatic nitrogens is 1. The number of nitrogens with zero attached hydrogens (tertiary/aromatic N) is 1. The summed E-state index contributed by atoms with van der Waals surface area (Å²) in [4.78, 5) is 0. The van der Waals surface area contributed by atoms with Crippen LogP contribution in [-0.4, -0.2) is 11.2 Å². The van der Waals surface area contributed by atoms with Crippen molar-refractivity contribution >= 4 is 37.7 Å². The second kappa shape index (κ2) is 8.00. The number of ether oxygens (including phenoxy) is 1. The molecular weight excluding hydrogens is 410 g/mol. The van der Waals surface area contributed by atoms with Crippen molar-refractivity contribution < 1.29 is 4.74 Å². The van der Waals surface area contributed by atoms with Crippen LogP contribution in [0.15, 0.2) is 59.1 Å². The molecule has 3 aromatic carbocycles. The molecule has 0 aliphatic carbocycles. The molecule has 2 nitrogen and oxygen atoms in total. The minimum atomic E-state index is 0.724. The van der Waals surface area contributed by atoms with E-state index >= 15 is 0 Å². The third-order valence-electron chi connectivity index (χ3n) is 5.30. The Morgan fingerprint density at radius 2 is 1.71 bits per heavy atom. The van der Waals surface area contributed by atoms with Crippen LogP contribution in [0.2, 0.25) is 0 Å². The van der Waals surface area contributed by atoms with E-state index in [1.54, 1.807) is 0 Å². The highest BCUT2D eigenvalue weighted by molar-refractivity contribution is 9.10. The average Bonchev–Trinajstić information content (AvgIpc) is 3.03. The molecule has 0 fully saturated rings. The lowest BCUT2D eigenvalue weighted by Crippen LogP contribution is -2.04. The van der Waals surface area contributed by atoms with E-state index in [9.17, 15) is 0 Å². The number of unbranched alkanes of at least 4 members (excludes halogenated alkanes) is 1. The third-order valence-corrected chi connectivity index (χ3v) is 5.89. The van der Waals surface area contributed by atoms with Gasteiger partial charge in [0.15, 0.2) is 5.75 Å². The summed E-state index contributed by atoms with van der Waals surface area (Å²) in [7, 11) is 0. The molecule has 0 amide bonds. The average molecular weight is 436 g/mol. The van der Waals surface area contributed by atoms with Crippen LogP contribution >= 0.6 is 15.9 Å². The van der Waals surface area contributed by atoms with Crippen LogP contribution in [0.25, 0.3) is 27.5 Å². The standard InChI is InChI=1S/C25H26BrNO/c1-4-6-13-28-25-21(26)14-17(3)15-24(25)27-22-10-8-7-9-19(22)20-16-18(5-2)11-12-23(20)27/h7-12,14-16H,4-6,13H2,1-3H3. The number of fused-ring (bicyclic) bond motifs is 3. The van der Waals surface area contributed by atoms with Gasteiger partial charge in [-0.2, -0.15) is 0 Å². The molecule has 0 saturated heterocycles. The Balaban J connectivity index is 2.03. The second-order valence-corrected chi connectivity index (χ2v) is 8.21. The highest BCUT2D eigenvalue weighted by Gasteiger charge is 2.18. The van der Waals surface area contributed by atoms with E-state index < -0.39 is 0 Å². The minimum Gasteiger partial charge on any atom is -0.490 e. The molecular formula is C25H26BrNO. The molecule has 0 aliphatic heterocycles. The largest absolute Gasteiger partial charge is 0.490 e. The predicted octanol–water partition coefficient (Wildman–Crippen LogP) is 7.60. The van der Waals surface area contributed by atoms with Crippen molar-refractivity contribution in [3.05, 3.63) is 70.2 Å². The zero-order valence-corrected chi connectivity index (χ0v) is 18.3. The zero-order valence-electron chi connectivity index (χ0n) is 16.8. The molecule has 0 atom stereocenters. The molecule has 144 valence electrons. The van der Waals surface area contributed by atoms with Gasteiger partial charge in [-0.1, -0.05) is 44.5 Å². The quantitative estimate of drug-likeness (QED) is 0.284. The highest BCUT2D eigenvalue weighted by atomic mass is 79.9. The summed E-state index contributed by atoms with van der Waals surface area (Å²) in [5.74, 6) is 0.918. The first-order valence-corrected chi connectivity index (χ1v) is 10.9. The Labute approximate surface area is 175 Å². The third kappa shape index (κ3) is 3.33. The maximum absolute atomic E-state index is 6.26. The molecule has 0 radical (unpaired) electrons. The van der Waals surface area contributed by atoms with Crippen LogP contribution in [0, 0.1) is 6.92 Å². The number of halogens is 1. The van der Waals surface area contributed by atoms with Gasteiger partial charge in [0, 0.05) is 10.8 Å². The molecule has 0 bridgehead atoms. The summed E-state index contributed by atoms with van der Waals surface area (Å²) in [5, 5.41) is 2.58. The molecule has 28 heavy (non-hydrogen) atoms. The molecule has 4 aromatic rings. The van der Waals surface area contributed by atoms with Gasteiger partial charge in [0.25, 0.3) is 0 Å². The fraction of sp³-hybridized carbons (Fsp3) is 0.280. The van der Waals surface area contributed by atoms with Crippen molar-refractivity contribution in [1.82, 2.24) is 4.57 Å². The van der Waals surface area contributed by atoms with Gasteiger partial charge in [0.1, 0.15) is 0 Å². The SMILES string of the molecule is CCCCOc1c(Br)cc(C)cc1-n1c2ccccc2c2cc(CC)ccc21. The molecule has 0 unspecified atom stereocenters. The van der Waals surface area contributed by atoms with E-state index in [1.165, 1.54) is 32.9 Å². The Kier molecular flexibility index (Phi) is 5.45. The molecule has 0 N–H and O–H groups in total. The van der Waals surface area contributed by atoms with Crippen molar-refractivity contribution in [1.29, 1.82) is 0 Å². The summed E-state index contributed by atoms with van der Waals surface area (Å²) >= 11 is 3.75. The van der Waals surface area contributed by atoms with Gasteiger partial charge < -0.3 is 9.30 Å². The summed E-state index contributed by atoms with van der Waals surface area (Å²) in [6.45, 7) is 7.25. The topological polar surface area (TPSA) is 14.2 Å². The van der Waals surface area contributed by atoms with E-state index in [1.807, 2.05) is 0 Å². The molecule has 0 aliphatic rings. The van der Waals surface area contributed by atoms with Crippen LogP contribution in [0.4, 0.5) is 0 Å². The Bertz CT molecular complexity index is 1140. The van der Waals surface area contributed by atoms with E-state index in [0.717, 1.165) is 41.8 Å². The number of para-hydroxylation sites is 1. The first-order chi connectivity index (χ1) is 13.6. The lowest BCUT2D eigenvalue weighted by Gasteiger charge is -2.17. The Morgan fingerprint density at radius 3 is 2.50 bits per heavy atom. The Hall–Kier alpha value is -2.26. The lowest BCUT2D eigenvalue weighted by molar-refractivity contribution is 0.307. The van der Waals surface area contributed by atoms with Crippen LogP contribution in [-0.2, 0) is 6.42 Å². The van der Waals surface area contributed by atoms with Crippen molar-refractivity contribution in [2.75, 3.05) is 6.61 Å². The number of hydrogen-bond donors (Lipinski definition) is 0. The van der Waals surface area contributed by atoms with E-state index in [4.69, 9.17) is 4.74 Å². The van der Waals surface area contributed by atoms with Crippen molar-refractivity contribution in [2.24, 2.45) is 0 Å². The first-order valence-electron chi connectivity index (χ1n) is 10.1. The van der Waals surface area contributed by atoms with Crippen LogP contribution in [0.3, 0.4) is 0 Å². The highest BCUT2D eigenvalue weighted by Crippen LogP contribution is 2.39. The first kappa shape index (κ1) is 19.1. The molecule has 3 heteroatoms. The fourth-order valence-corrected chi connectivity index (χ4v) is 4.52. The van der Waals surface area contributed by atoms with Gasteiger partial charge in [0.05, 0.1) is 27.8 Å². The Morgan fingerprint density at radius 1 is 0.929 bits per heavy atom. The lowest BCUT2D eigenvalue weighted by atomic mass is 10.1. The second-order valence-electron chi connectivity index (χ2n) is 7.35. The van der Waals surface area contributed by atoms with Crippen molar-refractivity contribution in [3.63, 3.8) is 0 Å². The summed E-state index contributed by atoms with van der Waals surface area (Å²) in [6, 6.07) is 19.8. The van der Waals surface area contributed by atoms with Gasteiger partial charge in [0.2, 0.25) is 0 Å². The van der Waals surface area contributed by atoms with Gasteiger partial charge in [-0.3, -0.25) is 0 Å². The van der Waals surface area contributed by atoms with E-state index in [0.29, 0.717) is 0 Å². The minimum absolute atomic E-state index is 0.724. The molecule has 1 aromatic heterocycles. The number of benzene rings is 3. The van der Waals surface area contributed by atoms with Crippen LogP contribution in [0.5, 0.6) is 5.75 Å².